The molecule has 0 aliphatic carbocycles. The van der Waals surface area contributed by atoms with Gasteiger partial charge in [0.1, 0.15) is 11.4 Å². The molecule has 2 aromatic heterocycles. The third kappa shape index (κ3) is 3.70. The lowest BCUT2D eigenvalue weighted by Crippen LogP contribution is -2.34. The number of pyridine rings is 1. The van der Waals surface area contributed by atoms with Crippen LogP contribution in [0.15, 0.2) is 77.4 Å². The summed E-state index contributed by atoms with van der Waals surface area (Å²) < 4.78 is 5.42. The molecule has 2 aromatic carbocycles. The standard InChI is InChI=1S/C21H15N3O3S/c25-14-9-7-13(8-10-14)22-21(28)24-20(26)16-12-18(19-6-3-11-27-19)23-17-5-2-1-4-15(16)17/h1-12,25H,(H2,22,24,26,28). The Morgan fingerprint density at radius 2 is 1.82 bits per heavy atom. The number of phenolic OH excluding ortho intramolecular Hbond substituents is 1. The highest BCUT2D eigenvalue weighted by Gasteiger charge is 2.16. The van der Waals surface area contributed by atoms with Gasteiger partial charge in [-0.15, -0.1) is 0 Å². The lowest BCUT2D eigenvalue weighted by atomic mass is 10.1. The number of aromatic hydroxyl groups is 1. The number of furan rings is 1. The van der Waals surface area contributed by atoms with E-state index >= 15 is 0 Å². The highest BCUT2D eigenvalue weighted by molar-refractivity contribution is 7.80. The predicted octanol–water partition coefficient (Wildman–Crippen LogP) is 4.33. The van der Waals surface area contributed by atoms with Gasteiger partial charge in [-0.1, -0.05) is 18.2 Å². The van der Waals surface area contributed by atoms with Gasteiger partial charge < -0.3 is 14.8 Å². The van der Waals surface area contributed by atoms with Gasteiger partial charge in [-0.3, -0.25) is 10.1 Å². The molecule has 4 aromatic rings. The Morgan fingerprint density at radius 1 is 1.04 bits per heavy atom. The normalized spacial score (nSPS) is 10.6. The summed E-state index contributed by atoms with van der Waals surface area (Å²) in [4.78, 5) is 17.5. The van der Waals surface area contributed by atoms with Crippen LogP contribution in [0.4, 0.5) is 5.69 Å². The molecule has 138 valence electrons. The van der Waals surface area contributed by atoms with E-state index in [2.05, 4.69) is 15.6 Å². The number of aromatic nitrogens is 1. The summed E-state index contributed by atoms with van der Waals surface area (Å²) >= 11 is 5.24. The number of thiocarbonyl (C=S) groups is 1. The smallest absolute Gasteiger partial charge is 0.258 e. The fourth-order valence-corrected chi connectivity index (χ4v) is 3.00. The molecule has 0 spiro atoms. The molecule has 3 N–H and O–H groups in total. The average Bonchev–Trinajstić information content (AvgIpc) is 3.23. The van der Waals surface area contributed by atoms with Crippen molar-refractivity contribution in [2.24, 2.45) is 0 Å². The Kier molecular flexibility index (Phi) is 4.74. The first-order valence-corrected chi connectivity index (χ1v) is 8.86. The molecular weight excluding hydrogens is 374 g/mol. The van der Waals surface area contributed by atoms with Gasteiger partial charge in [0.05, 0.1) is 17.3 Å². The van der Waals surface area contributed by atoms with Gasteiger partial charge in [0.15, 0.2) is 10.9 Å². The summed E-state index contributed by atoms with van der Waals surface area (Å²) in [6, 6.07) is 19.0. The first-order chi connectivity index (χ1) is 13.6. The van der Waals surface area contributed by atoms with Crippen molar-refractivity contribution in [3.05, 3.63) is 78.6 Å². The Hall–Kier alpha value is -3.71. The number of rotatable bonds is 3. The zero-order chi connectivity index (χ0) is 19.5. The minimum absolute atomic E-state index is 0.147. The second-order valence-electron chi connectivity index (χ2n) is 6.00. The molecule has 0 saturated carbocycles. The second kappa shape index (κ2) is 7.50. The molecule has 1 amide bonds. The van der Waals surface area contributed by atoms with Crippen LogP contribution in [0.3, 0.4) is 0 Å². The van der Waals surface area contributed by atoms with E-state index in [1.54, 1.807) is 36.6 Å². The van der Waals surface area contributed by atoms with Gasteiger partial charge in [0.2, 0.25) is 0 Å². The molecule has 0 atom stereocenters. The number of hydrogen-bond donors (Lipinski definition) is 3. The highest BCUT2D eigenvalue weighted by Crippen LogP contribution is 2.25. The first-order valence-electron chi connectivity index (χ1n) is 8.45. The number of nitrogens with one attached hydrogen (secondary N) is 2. The molecule has 0 unspecified atom stereocenters. The SMILES string of the molecule is O=C(NC(=S)Nc1ccc(O)cc1)c1cc(-c2ccco2)nc2ccccc12. The zero-order valence-electron chi connectivity index (χ0n) is 14.5. The molecule has 0 radical (unpaired) electrons. The number of carbonyl (C=O) groups excluding carboxylic acids is 1. The number of fused-ring (bicyclic) bond motifs is 1. The predicted molar refractivity (Wildman–Crippen MR) is 111 cm³/mol. The van der Waals surface area contributed by atoms with Crippen molar-refractivity contribution < 1.29 is 14.3 Å². The number of hydrogen-bond acceptors (Lipinski definition) is 5. The molecular formula is C21H15N3O3S. The number of para-hydroxylation sites is 1. The Balaban J connectivity index is 1.62. The molecule has 6 nitrogen and oxygen atoms in total. The summed E-state index contributed by atoms with van der Waals surface area (Å²) in [5, 5.41) is 15.8. The maximum atomic E-state index is 12.9. The average molecular weight is 389 g/mol. The first kappa shape index (κ1) is 17.7. The van der Waals surface area contributed by atoms with Gasteiger partial charge in [-0.25, -0.2) is 4.98 Å². The van der Waals surface area contributed by atoms with Crippen LogP contribution in [0, 0.1) is 0 Å². The van der Waals surface area contributed by atoms with Crippen LogP contribution >= 0.6 is 12.2 Å². The molecule has 2 heterocycles. The van der Waals surface area contributed by atoms with Gasteiger partial charge in [0, 0.05) is 11.1 Å². The Morgan fingerprint density at radius 3 is 2.57 bits per heavy atom. The van der Waals surface area contributed by atoms with E-state index in [-0.39, 0.29) is 16.8 Å². The monoisotopic (exact) mass is 389 g/mol. The van der Waals surface area contributed by atoms with Gasteiger partial charge in [-0.05, 0) is 60.7 Å². The quantitative estimate of drug-likeness (QED) is 0.357. The molecule has 0 aliphatic rings. The van der Waals surface area contributed by atoms with Crippen molar-refractivity contribution in [1.82, 2.24) is 10.3 Å². The number of nitrogens with zero attached hydrogens (tertiary/aromatic N) is 1. The van der Waals surface area contributed by atoms with Crippen molar-refractivity contribution in [3.8, 4) is 17.2 Å². The Labute approximate surface area is 165 Å². The molecule has 0 saturated heterocycles. The Bertz CT molecular complexity index is 1160. The number of carbonyl (C=O) groups is 1. The van der Waals surface area contributed by atoms with E-state index < -0.39 is 0 Å². The van der Waals surface area contributed by atoms with Crippen molar-refractivity contribution >= 4 is 39.8 Å². The maximum absolute atomic E-state index is 12.9. The van der Waals surface area contributed by atoms with Crippen molar-refractivity contribution in [3.63, 3.8) is 0 Å². The summed E-state index contributed by atoms with van der Waals surface area (Å²) in [6.07, 6.45) is 1.56. The van der Waals surface area contributed by atoms with Crippen LogP contribution < -0.4 is 10.6 Å². The van der Waals surface area contributed by atoms with Gasteiger partial charge in [0.25, 0.3) is 5.91 Å². The summed E-state index contributed by atoms with van der Waals surface area (Å²) in [5.74, 6) is 0.362. The fraction of sp³-hybridized carbons (Fsp3) is 0. The van der Waals surface area contributed by atoms with E-state index in [9.17, 15) is 9.90 Å². The number of anilines is 1. The second-order valence-corrected chi connectivity index (χ2v) is 6.41. The number of amides is 1. The van der Waals surface area contributed by atoms with E-state index in [0.717, 1.165) is 0 Å². The van der Waals surface area contributed by atoms with Crippen LogP contribution in [0.1, 0.15) is 10.4 Å². The highest BCUT2D eigenvalue weighted by atomic mass is 32.1. The van der Waals surface area contributed by atoms with Crippen molar-refractivity contribution in [2.75, 3.05) is 5.32 Å². The van der Waals surface area contributed by atoms with Crippen molar-refractivity contribution in [1.29, 1.82) is 0 Å². The summed E-state index contributed by atoms with van der Waals surface area (Å²) in [5.41, 5.74) is 2.33. The third-order valence-electron chi connectivity index (χ3n) is 4.09. The minimum atomic E-state index is -0.359. The molecule has 7 heteroatoms. The lowest BCUT2D eigenvalue weighted by Gasteiger charge is -2.12. The van der Waals surface area contributed by atoms with E-state index in [0.29, 0.717) is 33.6 Å². The largest absolute Gasteiger partial charge is 0.508 e. The van der Waals surface area contributed by atoms with Crippen LogP contribution in [0.2, 0.25) is 0 Å². The lowest BCUT2D eigenvalue weighted by molar-refractivity contribution is 0.0979. The molecule has 28 heavy (non-hydrogen) atoms. The van der Waals surface area contributed by atoms with Crippen LogP contribution in [-0.2, 0) is 0 Å². The van der Waals surface area contributed by atoms with Gasteiger partial charge in [-0.2, -0.15) is 0 Å². The number of phenols is 1. The maximum Gasteiger partial charge on any atom is 0.258 e. The minimum Gasteiger partial charge on any atom is -0.508 e. The molecule has 0 bridgehead atoms. The van der Waals surface area contributed by atoms with E-state index in [1.165, 1.54) is 12.1 Å². The van der Waals surface area contributed by atoms with E-state index in [4.69, 9.17) is 16.6 Å². The van der Waals surface area contributed by atoms with Crippen molar-refractivity contribution in [2.45, 2.75) is 0 Å². The van der Waals surface area contributed by atoms with Crippen LogP contribution in [-0.4, -0.2) is 21.1 Å². The number of benzene rings is 2. The van der Waals surface area contributed by atoms with Crippen LogP contribution in [0.5, 0.6) is 5.75 Å². The summed E-state index contributed by atoms with van der Waals surface area (Å²) in [7, 11) is 0. The molecule has 0 aliphatic heterocycles. The zero-order valence-corrected chi connectivity index (χ0v) is 15.4. The van der Waals surface area contributed by atoms with Crippen LogP contribution in [0.25, 0.3) is 22.4 Å². The summed E-state index contributed by atoms with van der Waals surface area (Å²) in [6.45, 7) is 0. The van der Waals surface area contributed by atoms with Gasteiger partial charge >= 0.3 is 0 Å². The fourth-order valence-electron chi connectivity index (χ4n) is 2.79. The molecule has 4 rings (SSSR count). The third-order valence-corrected chi connectivity index (χ3v) is 4.29. The van der Waals surface area contributed by atoms with E-state index in [1.807, 2.05) is 24.3 Å². The molecule has 0 fully saturated rings. The topological polar surface area (TPSA) is 87.4 Å².